The van der Waals surface area contributed by atoms with Crippen LogP contribution in [-0.4, -0.2) is 47.3 Å². The summed E-state index contributed by atoms with van der Waals surface area (Å²) in [5.74, 6) is -0.505. The maximum absolute atomic E-state index is 12.9. The number of nitrogens with one attached hydrogen (secondary N) is 1. The largest absolute Gasteiger partial charge is 0.393 e. The molecule has 1 aromatic carbocycles. The van der Waals surface area contributed by atoms with E-state index in [1.165, 1.54) is 18.2 Å². The van der Waals surface area contributed by atoms with Crippen LogP contribution >= 0.6 is 12.4 Å². The number of carbonyl (C=O) groups excluding carboxylic acids is 2. The summed E-state index contributed by atoms with van der Waals surface area (Å²) in [4.78, 5) is 36.5. The van der Waals surface area contributed by atoms with Crippen LogP contribution < -0.4 is 16.8 Å². The van der Waals surface area contributed by atoms with E-state index in [4.69, 9.17) is 11.5 Å². The molecule has 1 saturated heterocycles. The fraction of sp³-hybridized carbons (Fsp3) is 0.500. The van der Waals surface area contributed by atoms with Crippen LogP contribution in [0, 0.1) is 10.1 Å². The van der Waals surface area contributed by atoms with Crippen LogP contribution in [-0.2, 0) is 4.79 Å². The summed E-state index contributed by atoms with van der Waals surface area (Å²) in [5, 5.41) is 13.8. The molecule has 0 aromatic heterocycles. The lowest BCUT2D eigenvalue weighted by atomic mass is 10.00. The van der Waals surface area contributed by atoms with Gasteiger partial charge in [0.15, 0.2) is 0 Å². The molecule has 9 nitrogen and oxygen atoms in total. The maximum Gasteiger partial charge on any atom is 0.292 e. The van der Waals surface area contributed by atoms with Gasteiger partial charge in [-0.3, -0.25) is 19.7 Å². The van der Waals surface area contributed by atoms with Crippen molar-refractivity contribution in [2.24, 2.45) is 5.73 Å². The van der Waals surface area contributed by atoms with Gasteiger partial charge in [-0.1, -0.05) is 6.07 Å². The molecule has 10 heteroatoms. The Hall–Kier alpha value is -2.39. The predicted molar refractivity (Wildman–Crippen MR) is 100 cm³/mol. The zero-order valence-electron chi connectivity index (χ0n) is 14.3. The molecule has 0 aliphatic carbocycles. The third-order valence-electron chi connectivity index (χ3n) is 4.30. The number of benzene rings is 1. The smallest absolute Gasteiger partial charge is 0.292 e. The zero-order chi connectivity index (χ0) is 18.4. The van der Waals surface area contributed by atoms with E-state index in [1.807, 2.05) is 0 Å². The summed E-state index contributed by atoms with van der Waals surface area (Å²) in [6.45, 7) is 1.13. The fourth-order valence-corrected chi connectivity index (χ4v) is 2.98. The van der Waals surface area contributed by atoms with Crippen LogP contribution in [0.1, 0.15) is 36.0 Å². The molecule has 1 heterocycles. The first-order chi connectivity index (χ1) is 12.0. The Balaban J connectivity index is 0.00000338. The van der Waals surface area contributed by atoms with Crippen molar-refractivity contribution in [3.8, 4) is 0 Å². The van der Waals surface area contributed by atoms with E-state index in [2.05, 4.69) is 5.32 Å². The highest BCUT2D eigenvalue weighted by atomic mass is 35.5. The van der Waals surface area contributed by atoms with Gasteiger partial charge in [0, 0.05) is 38.2 Å². The van der Waals surface area contributed by atoms with Crippen molar-refractivity contribution in [2.75, 3.05) is 25.4 Å². The second kappa shape index (κ2) is 9.93. The molecule has 26 heavy (non-hydrogen) atoms. The minimum Gasteiger partial charge on any atom is -0.393 e. The molecule has 1 unspecified atom stereocenters. The molecule has 1 aromatic rings. The number of piperidine rings is 1. The second-order valence-electron chi connectivity index (χ2n) is 5.99. The molecule has 1 aliphatic rings. The number of likely N-dealkylation sites (tertiary alicyclic amines) is 1. The highest BCUT2D eigenvalue weighted by Crippen LogP contribution is 2.28. The van der Waals surface area contributed by atoms with Gasteiger partial charge >= 0.3 is 0 Å². The van der Waals surface area contributed by atoms with E-state index >= 15 is 0 Å². The highest BCUT2D eigenvalue weighted by molar-refractivity contribution is 6.01. The van der Waals surface area contributed by atoms with Crippen molar-refractivity contribution in [1.82, 2.24) is 10.2 Å². The van der Waals surface area contributed by atoms with Gasteiger partial charge < -0.3 is 21.7 Å². The zero-order valence-corrected chi connectivity index (χ0v) is 15.2. The molecule has 1 atom stereocenters. The Labute approximate surface area is 157 Å². The van der Waals surface area contributed by atoms with Crippen LogP contribution in [0.15, 0.2) is 18.2 Å². The number of rotatable bonds is 6. The average molecular weight is 386 g/mol. The van der Waals surface area contributed by atoms with Crippen LogP contribution in [0.2, 0.25) is 0 Å². The number of amides is 2. The Morgan fingerprint density at radius 2 is 2.08 bits per heavy atom. The Morgan fingerprint density at radius 3 is 2.73 bits per heavy atom. The van der Waals surface area contributed by atoms with Gasteiger partial charge in [0.2, 0.25) is 5.91 Å². The molecular formula is C16H24ClN5O4. The molecule has 0 bridgehead atoms. The molecule has 0 spiro atoms. The number of nitro groups is 1. The number of nitrogen functional groups attached to an aromatic ring is 1. The number of nitrogens with two attached hydrogens (primary N) is 2. The lowest BCUT2D eigenvalue weighted by Gasteiger charge is -2.36. The van der Waals surface area contributed by atoms with E-state index in [0.29, 0.717) is 13.1 Å². The first-order valence-corrected chi connectivity index (χ1v) is 8.26. The Kier molecular flexibility index (Phi) is 8.27. The van der Waals surface area contributed by atoms with Crippen molar-refractivity contribution >= 4 is 35.6 Å². The third-order valence-corrected chi connectivity index (χ3v) is 4.30. The predicted octanol–water partition coefficient (Wildman–Crippen LogP) is 1.06. The molecule has 2 amide bonds. The highest BCUT2D eigenvalue weighted by Gasteiger charge is 2.30. The summed E-state index contributed by atoms with van der Waals surface area (Å²) in [6.07, 6.45) is 2.78. The van der Waals surface area contributed by atoms with Gasteiger partial charge in [-0.05, 0) is 25.3 Å². The molecule has 1 fully saturated rings. The monoisotopic (exact) mass is 385 g/mol. The lowest BCUT2D eigenvalue weighted by molar-refractivity contribution is -0.383. The fourth-order valence-electron chi connectivity index (χ4n) is 2.98. The minimum absolute atomic E-state index is 0. The molecule has 1 aliphatic heterocycles. The Bertz CT molecular complexity index is 670. The SMILES string of the molecule is Cl.NCCC(=O)NCC1CCCCN1C(=O)c1cccc([N+](=O)[O-])c1N. The number of nitro benzene ring substituents is 1. The van der Waals surface area contributed by atoms with Crippen LogP contribution in [0.3, 0.4) is 0 Å². The second-order valence-corrected chi connectivity index (χ2v) is 5.99. The van der Waals surface area contributed by atoms with Crippen molar-refractivity contribution in [3.05, 3.63) is 33.9 Å². The summed E-state index contributed by atoms with van der Waals surface area (Å²) >= 11 is 0. The molecule has 0 radical (unpaired) electrons. The molecule has 5 N–H and O–H groups in total. The van der Waals surface area contributed by atoms with Gasteiger partial charge in [-0.25, -0.2) is 0 Å². The number of halogens is 1. The Morgan fingerprint density at radius 1 is 1.35 bits per heavy atom. The first-order valence-electron chi connectivity index (χ1n) is 8.26. The topological polar surface area (TPSA) is 145 Å². The minimum atomic E-state index is -0.604. The van der Waals surface area contributed by atoms with Crippen molar-refractivity contribution in [2.45, 2.75) is 31.7 Å². The van der Waals surface area contributed by atoms with Gasteiger partial charge in [0.1, 0.15) is 5.69 Å². The van der Waals surface area contributed by atoms with E-state index < -0.39 is 4.92 Å². The van der Waals surface area contributed by atoms with Gasteiger partial charge in [-0.15, -0.1) is 12.4 Å². The standard InChI is InChI=1S/C16H23N5O4.ClH/c17-8-7-14(22)19-10-11-4-1-2-9-20(11)16(23)12-5-3-6-13(15(12)18)21(24)25;/h3,5-6,11H,1-2,4,7-10,17-18H2,(H,19,22);1H. The van der Waals surface area contributed by atoms with Crippen molar-refractivity contribution < 1.29 is 14.5 Å². The van der Waals surface area contributed by atoms with Crippen LogP contribution in [0.25, 0.3) is 0 Å². The van der Waals surface area contributed by atoms with Gasteiger partial charge in [0.05, 0.1) is 10.5 Å². The summed E-state index contributed by atoms with van der Waals surface area (Å²) in [6, 6.07) is 4.04. The van der Waals surface area contributed by atoms with E-state index in [1.54, 1.807) is 4.90 Å². The quantitative estimate of drug-likeness (QED) is 0.379. The third kappa shape index (κ3) is 5.06. The number of hydrogen-bond acceptors (Lipinski definition) is 6. The van der Waals surface area contributed by atoms with E-state index in [-0.39, 0.29) is 60.2 Å². The summed E-state index contributed by atoms with van der Waals surface area (Å²) in [7, 11) is 0. The lowest BCUT2D eigenvalue weighted by Crippen LogP contribution is -2.49. The van der Waals surface area contributed by atoms with Crippen LogP contribution in [0.4, 0.5) is 11.4 Å². The summed E-state index contributed by atoms with van der Waals surface area (Å²) < 4.78 is 0. The molecule has 2 rings (SSSR count). The normalized spacial score (nSPS) is 16.5. The number of hydrogen-bond donors (Lipinski definition) is 3. The average Bonchev–Trinajstić information content (AvgIpc) is 2.60. The van der Waals surface area contributed by atoms with Gasteiger partial charge in [-0.2, -0.15) is 0 Å². The van der Waals surface area contributed by atoms with Gasteiger partial charge in [0.25, 0.3) is 11.6 Å². The first kappa shape index (κ1) is 21.7. The number of carbonyl (C=O) groups is 2. The number of nitrogens with zero attached hydrogens (tertiary/aromatic N) is 2. The van der Waals surface area contributed by atoms with Crippen molar-refractivity contribution in [3.63, 3.8) is 0 Å². The van der Waals surface area contributed by atoms with E-state index in [9.17, 15) is 19.7 Å². The number of anilines is 1. The maximum atomic E-state index is 12.9. The molecule has 0 saturated carbocycles. The van der Waals surface area contributed by atoms with E-state index in [0.717, 1.165) is 19.3 Å². The molecule has 144 valence electrons. The number of para-hydroxylation sites is 1. The van der Waals surface area contributed by atoms with Crippen molar-refractivity contribution in [1.29, 1.82) is 0 Å². The summed E-state index contributed by atoms with van der Waals surface area (Å²) in [5.41, 5.74) is 10.9. The molecular weight excluding hydrogens is 362 g/mol. The van der Waals surface area contributed by atoms with Crippen LogP contribution in [0.5, 0.6) is 0 Å².